The maximum Gasteiger partial charge on any atom is 0.234 e. The van der Waals surface area contributed by atoms with Gasteiger partial charge in [0.05, 0.1) is 6.54 Å². The first-order valence-electron chi connectivity index (χ1n) is 6.78. The molecule has 1 aliphatic carbocycles. The van der Waals surface area contributed by atoms with Crippen molar-refractivity contribution >= 4 is 5.91 Å². The summed E-state index contributed by atoms with van der Waals surface area (Å²) in [6.45, 7) is 0.415. The molecule has 98 valence electrons. The summed E-state index contributed by atoms with van der Waals surface area (Å²) in [6, 6.07) is 11.1. The number of hydrogen-bond donors (Lipinski definition) is 2. The van der Waals surface area contributed by atoms with Crippen LogP contribution in [0, 0.1) is 0 Å². The van der Waals surface area contributed by atoms with Crippen molar-refractivity contribution < 1.29 is 4.79 Å². The van der Waals surface area contributed by atoms with Crippen LogP contribution in [0.3, 0.4) is 0 Å². The van der Waals surface area contributed by atoms with Crippen LogP contribution in [0.4, 0.5) is 0 Å². The van der Waals surface area contributed by atoms with Gasteiger partial charge in [0, 0.05) is 6.04 Å². The van der Waals surface area contributed by atoms with Gasteiger partial charge in [0.25, 0.3) is 0 Å². The average Bonchev–Trinajstić information content (AvgIpc) is 2.41. The van der Waals surface area contributed by atoms with Crippen LogP contribution in [-0.4, -0.2) is 25.5 Å². The highest BCUT2D eigenvalue weighted by Crippen LogP contribution is 2.32. The molecule has 0 aliphatic heterocycles. The van der Waals surface area contributed by atoms with Gasteiger partial charge >= 0.3 is 0 Å². The lowest BCUT2D eigenvalue weighted by atomic mass is 9.82. The second kappa shape index (κ2) is 6.55. The molecular formula is C15H22N2O. The van der Waals surface area contributed by atoms with Crippen LogP contribution in [0.25, 0.3) is 0 Å². The molecule has 0 unspecified atom stereocenters. The summed E-state index contributed by atoms with van der Waals surface area (Å²) in [4.78, 5) is 11.5. The molecule has 0 radical (unpaired) electrons. The van der Waals surface area contributed by atoms with Crippen molar-refractivity contribution in [3.05, 3.63) is 35.9 Å². The van der Waals surface area contributed by atoms with E-state index in [0.717, 1.165) is 12.8 Å². The normalized spacial score (nSPS) is 23.6. The van der Waals surface area contributed by atoms with Gasteiger partial charge in [-0.25, -0.2) is 0 Å². The van der Waals surface area contributed by atoms with Crippen LogP contribution in [0.15, 0.2) is 30.3 Å². The lowest BCUT2D eigenvalue weighted by Gasteiger charge is -2.29. The molecule has 18 heavy (non-hydrogen) atoms. The maximum absolute atomic E-state index is 11.5. The Kier molecular flexibility index (Phi) is 4.76. The van der Waals surface area contributed by atoms with Crippen molar-refractivity contribution in [1.82, 2.24) is 10.6 Å². The lowest BCUT2D eigenvalue weighted by molar-refractivity contribution is -0.121. The molecule has 1 aromatic rings. The summed E-state index contributed by atoms with van der Waals surface area (Å²) >= 11 is 0. The van der Waals surface area contributed by atoms with Crippen LogP contribution in [-0.2, 0) is 4.79 Å². The molecule has 1 aromatic carbocycles. The van der Waals surface area contributed by atoms with E-state index in [-0.39, 0.29) is 5.91 Å². The van der Waals surface area contributed by atoms with E-state index in [0.29, 0.717) is 18.5 Å². The largest absolute Gasteiger partial charge is 0.352 e. The highest BCUT2D eigenvalue weighted by atomic mass is 16.1. The number of likely N-dealkylation sites (N-methyl/N-ethyl adjacent to an activating group) is 1. The van der Waals surface area contributed by atoms with Gasteiger partial charge in [0.15, 0.2) is 0 Å². The van der Waals surface area contributed by atoms with Crippen LogP contribution < -0.4 is 10.6 Å². The molecule has 1 saturated carbocycles. The molecule has 0 aromatic heterocycles. The first kappa shape index (κ1) is 13.1. The zero-order valence-electron chi connectivity index (χ0n) is 11.0. The fraction of sp³-hybridized carbons (Fsp3) is 0.533. The minimum Gasteiger partial charge on any atom is -0.352 e. The molecule has 0 spiro atoms. The monoisotopic (exact) mass is 246 g/mol. The topological polar surface area (TPSA) is 41.1 Å². The summed E-state index contributed by atoms with van der Waals surface area (Å²) < 4.78 is 0. The van der Waals surface area contributed by atoms with E-state index in [4.69, 9.17) is 0 Å². The SMILES string of the molecule is CNCC(=O)NC1CCC(c2ccccc2)CC1. The minimum absolute atomic E-state index is 0.112. The third-order valence-corrected chi connectivity index (χ3v) is 3.70. The van der Waals surface area contributed by atoms with E-state index in [1.54, 1.807) is 7.05 Å². The molecule has 1 aliphatic rings. The van der Waals surface area contributed by atoms with E-state index < -0.39 is 0 Å². The average molecular weight is 246 g/mol. The number of hydrogen-bond acceptors (Lipinski definition) is 2. The predicted octanol–water partition coefficient (Wildman–Crippen LogP) is 2.05. The van der Waals surface area contributed by atoms with Gasteiger partial charge in [-0.1, -0.05) is 30.3 Å². The summed E-state index contributed by atoms with van der Waals surface area (Å²) in [5.41, 5.74) is 1.44. The van der Waals surface area contributed by atoms with E-state index in [1.807, 2.05) is 0 Å². The molecule has 0 saturated heterocycles. The standard InChI is InChI=1S/C15H22N2O/c1-16-11-15(18)17-14-9-7-13(8-10-14)12-5-3-2-4-6-12/h2-6,13-14,16H,7-11H2,1H3,(H,17,18). The Morgan fingerprint density at radius 1 is 1.17 bits per heavy atom. The Hall–Kier alpha value is -1.35. The van der Waals surface area contributed by atoms with Gasteiger partial charge in [-0.2, -0.15) is 0 Å². The fourth-order valence-corrected chi connectivity index (χ4v) is 2.74. The van der Waals surface area contributed by atoms with E-state index in [1.165, 1.54) is 18.4 Å². The Balaban J connectivity index is 1.80. The minimum atomic E-state index is 0.112. The number of benzene rings is 1. The smallest absolute Gasteiger partial charge is 0.234 e. The van der Waals surface area contributed by atoms with Crippen LogP contribution in [0.1, 0.15) is 37.2 Å². The number of amides is 1. The molecule has 2 N–H and O–H groups in total. The number of carbonyl (C=O) groups is 1. The van der Waals surface area contributed by atoms with E-state index >= 15 is 0 Å². The molecule has 2 rings (SSSR count). The highest BCUT2D eigenvalue weighted by molar-refractivity contribution is 5.78. The Bertz CT molecular complexity index is 369. The second-order valence-electron chi connectivity index (χ2n) is 5.06. The van der Waals surface area contributed by atoms with Crippen molar-refractivity contribution in [2.75, 3.05) is 13.6 Å². The molecule has 0 bridgehead atoms. The van der Waals surface area contributed by atoms with Gasteiger partial charge in [-0.15, -0.1) is 0 Å². The van der Waals surface area contributed by atoms with Gasteiger partial charge in [-0.05, 0) is 44.2 Å². The molecule has 0 heterocycles. The molecule has 1 amide bonds. The molecule has 3 nitrogen and oxygen atoms in total. The van der Waals surface area contributed by atoms with Gasteiger partial charge in [-0.3, -0.25) is 4.79 Å². The third kappa shape index (κ3) is 3.57. The summed E-state index contributed by atoms with van der Waals surface area (Å²) in [5.74, 6) is 0.782. The Morgan fingerprint density at radius 3 is 2.44 bits per heavy atom. The zero-order valence-corrected chi connectivity index (χ0v) is 11.0. The van der Waals surface area contributed by atoms with Crippen LogP contribution >= 0.6 is 0 Å². The van der Waals surface area contributed by atoms with Gasteiger partial charge in [0.2, 0.25) is 5.91 Å². The lowest BCUT2D eigenvalue weighted by Crippen LogP contribution is -2.41. The quantitative estimate of drug-likeness (QED) is 0.853. The van der Waals surface area contributed by atoms with Crippen LogP contribution in [0.5, 0.6) is 0 Å². The highest BCUT2D eigenvalue weighted by Gasteiger charge is 2.22. The Morgan fingerprint density at radius 2 is 1.83 bits per heavy atom. The van der Waals surface area contributed by atoms with Crippen molar-refractivity contribution in [3.8, 4) is 0 Å². The third-order valence-electron chi connectivity index (χ3n) is 3.70. The summed E-state index contributed by atoms with van der Waals surface area (Å²) in [5, 5.41) is 5.97. The van der Waals surface area contributed by atoms with Gasteiger partial charge in [0.1, 0.15) is 0 Å². The number of carbonyl (C=O) groups excluding carboxylic acids is 1. The van der Waals surface area contributed by atoms with Crippen molar-refractivity contribution in [3.63, 3.8) is 0 Å². The fourth-order valence-electron chi connectivity index (χ4n) is 2.74. The molecule has 0 atom stereocenters. The predicted molar refractivity (Wildman–Crippen MR) is 73.5 cm³/mol. The van der Waals surface area contributed by atoms with Crippen LogP contribution in [0.2, 0.25) is 0 Å². The van der Waals surface area contributed by atoms with Gasteiger partial charge < -0.3 is 10.6 Å². The molecular weight excluding hydrogens is 224 g/mol. The second-order valence-corrected chi connectivity index (χ2v) is 5.06. The zero-order chi connectivity index (χ0) is 12.8. The van der Waals surface area contributed by atoms with Crippen molar-refractivity contribution in [2.24, 2.45) is 0 Å². The van der Waals surface area contributed by atoms with Crippen molar-refractivity contribution in [1.29, 1.82) is 0 Å². The summed E-state index contributed by atoms with van der Waals surface area (Å²) in [7, 11) is 1.80. The van der Waals surface area contributed by atoms with Crippen molar-refractivity contribution in [2.45, 2.75) is 37.6 Å². The Labute approximate surface area is 109 Å². The first-order valence-corrected chi connectivity index (χ1v) is 6.78. The van der Waals surface area contributed by atoms with E-state index in [2.05, 4.69) is 41.0 Å². The summed E-state index contributed by atoms with van der Waals surface area (Å²) in [6.07, 6.45) is 4.53. The molecule has 3 heteroatoms. The first-order chi connectivity index (χ1) is 8.79. The molecule has 1 fully saturated rings. The number of nitrogens with one attached hydrogen (secondary N) is 2. The number of rotatable bonds is 4. The maximum atomic E-state index is 11.5. The van der Waals surface area contributed by atoms with E-state index in [9.17, 15) is 4.79 Å².